The third-order valence-corrected chi connectivity index (χ3v) is 5.28. The molecule has 0 aromatic carbocycles. The van der Waals surface area contributed by atoms with Gasteiger partial charge in [-0.05, 0) is 45.2 Å². The summed E-state index contributed by atoms with van der Waals surface area (Å²) >= 11 is 0. The van der Waals surface area contributed by atoms with Gasteiger partial charge in [-0.2, -0.15) is 0 Å². The Kier molecular flexibility index (Phi) is 5.16. The lowest BCUT2D eigenvalue weighted by Crippen LogP contribution is -2.39. The maximum atomic E-state index is 6.21. The van der Waals surface area contributed by atoms with Crippen LogP contribution in [-0.2, 0) is 0 Å². The monoisotopic (exact) mass is 369 g/mol. The zero-order valence-electron chi connectivity index (χ0n) is 16.3. The Morgan fingerprint density at radius 1 is 1.07 bits per heavy atom. The van der Waals surface area contributed by atoms with Crippen LogP contribution in [0.1, 0.15) is 42.8 Å². The molecule has 0 amide bonds. The molecule has 144 valence electrons. The molecule has 1 atom stereocenters. The van der Waals surface area contributed by atoms with Crippen molar-refractivity contribution in [2.45, 2.75) is 45.8 Å². The van der Waals surface area contributed by atoms with E-state index in [1.165, 1.54) is 5.56 Å². The highest BCUT2D eigenvalue weighted by atomic mass is 16.6. The summed E-state index contributed by atoms with van der Waals surface area (Å²) in [4.78, 5) is 11.3. The summed E-state index contributed by atoms with van der Waals surface area (Å²) in [5.41, 5.74) is 3.17. The van der Waals surface area contributed by atoms with Crippen LogP contribution in [0.3, 0.4) is 0 Å². The predicted octanol–water partition coefficient (Wildman–Crippen LogP) is 3.47. The molecular weight excluding hydrogens is 342 g/mol. The highest BCUT2D eigenvalue weighted by molar-refractivity contribution is 5.38. The van der Waals surface area contributed by atoms with Crippen LogP contribution in [0.15, 0.2) is 24.4 Å². The first kappa shape index (κ1) is 18.0. The Hall–Kier alpha value is -2.34. The van der Waals surface area contributed by atoms with Crippen LogP contribution in [0.2, 0.25) is 0 Å². The quantitative estimate of drug-likeness (QED) is 0.823. The lowest BCUT2D eigenvalue weighted by Gasteiger charge is -2.36. The van der Waals surface area contributed by atoms with Gasteiger partial charge in [-0.25, -0.2) is 4.98 Å². The SMILES string of the molecule is Cc1cc(OC2CCN(C(C)c3cnc4c(c3)OCCO4)CC2)cc(C)n1. The molecule has 27 heavy (non-hydrogen) atoms. The van der Waals surface area contributed by atoms with Gasteiger partial charge in [0.2, 0.25) is 0 Å². The van der Waals surface area contributed by atoms with Gasteiger partial charge in [0.1, 0.15) is 25.1 Å². The number of piperidine rings is 1. The van der Waals surface area contributed by atoms with Crippen molar-refractivity contribution in [2.24, 2.45) is 0 Å². The van der Waals surface area contributed by atoms with Crippen LogP contribution in [0, 0.1) is 13.8 Å². The summed E-state index contributed by atoms with van der Waals surface area (Å²) in [7, 11) is 0. The molecule has 1 unspecified atom stereocenters. The number of pyridine rings is 2. The molecule has 4 rings (SSSR count). The molecule has 2 aromatic heterocycles. The Labute approximate surface area is 160 Å². The first-order chi connectivity index (χ1) is 13.1. The van der Waals surface area contributed by atoms with Crippen molar-refractivity contribution < 1.29 is 14.2 Å². The fourth-order valence-corrected chi connectivity index (χ4v) is 3.83. The van der Waals surface area contributed by atoms with Crippen LogP contribution in [0.4, 0.5) is 0 Å². The standard InChI is InChI=1S/C21H27N3O3/c1-14-10-19(11-15(2)23-14)27-18-4-6-24(7-5-18)16(3)17-12-20-21(22-13-17)26-9-8-25-20/h10-13,16,18H,4-9H2,1-3H3. The number of rotatable bonds is 4. The number of hydrogen-bond acceptors (Lipinski definition) is 6. The number of hydrogen-bond donors (Lipinski definition) is 0. The van der Waals surface area contributed by atoms with Crippen molar-refractivity contribution in [2.75, 3.05) is 26.3 Å². The van der Waals surface area contributed by atoms with Gasteiger partial charge in [-0.15, -0.1) is 0 Å². The predicted molar refractivity (Wildman–Crippen MR) is 103 cm³/mol. The topological polar surface area (TPSA) is 56.7 Å². The van der Waals surface area contributed by atoms with E-state index in [0.717, 1.165) is 48.8 Å². The molecule has 4 heterocycles. The van der Waals surface area contributed by atoms with Gasteiger partial charge >= 0.3 is 0 Å². The van der Waals surface area contributed by atoms with E-state index in [0.29, 0.717) is 25.1 Å². The van der Waals surface area contributed by atoms with Crippen LogP contribution < -0.4 is 14.2 Å². The average Bonchev–Trinajstić information content (AvgIpc) is 2.67. The van der Waals surface area contributed by atoms with Crippen molar-refractivity contribution in [3.8, 4) is 17.4 Å². The average molecular weight is 369 g/mol. The molecule has 0 bridgehead atoms. The summed E-state index contributed by atoms with van der Waals surface area (Å²) in [6.07, 6.45) is 4.20. The van der Waals surface area contributed by atoms with Crippen LogP contribution in [0.25, 0.3) is 0 Å². The van der Waals surface area contributed by atoms with Crippen molar-refractivity contribution in [3.63, 3.8) is 0 Å². The summed E-state index contributed by atoms with van der Waals surface area (Å²) < 4.78 is 17.4. The molecule has 2 aromatic rings. The summed E-state index contributed by atoms with van der Waals surface area (Å²) in [5, 5.41) is 0. The van der Waals surface area contributed by atoms with Gasteiger partial charge in [0.15, 0.2) is 5.75 Å². The van der Waals surface area contributed by atoms with Crippen LogP contribution in [0.5, 0.6) is 17.4 Å². The fourth-order valence-electron chi connectivity index (χ4n) is 3.83. The summed E-state index contributed by atoms with van der Waals surface area (Å²) in [6.45, 7) is 9.40. The van der Waals surface area contributed by atoms with Crippen molar-refractivity contribution in [3.05, 3.63) is 41.3 Å². The zero-order chi connectivity index (χ0) is 18.8. The Morgan fingerprint density at radius 2 is 1.78 bits per heavy atom. The summed E-state index contributed by atoms with van der Waals surface area (Å²) in [6, 6.07) is 6.39. The molecule has 0 spiro atoms. The molecule has 0 N–H and O–H groups in total. The maximum absolute atomic E-state index is 6.21. The second-order valence-corrected chi connectivity index (χ2v) is 7.38. The number of likely N-dealkylation sites (tertiary alicyclic amines) is 1. The van der Waals surface area contributed by atoms with E-state index in [-0.39, 0.29) is 6.10 Å². The minimum absolute atomic E-state index is 0.257. The number of nitrogens with zero attached hydrogens (tertiary/aromatic N) is 3. The molecule has 2 aliphatic rings. The third kappa shape index (κ3) is 4.16. The van der Waals surface area contributed by atoms with Gasteiger partial charge in [0.25, 0.3) is 5.88 Å². The second-order valence-electron chi connectivity index (χ2n) is 7.38. The highest BCUT2D eigenvalue weighted by Crippen LogP contribution is 2.33. The Morgan fingerprint density at radius 3 is 2.52 bits per heavy atom. The lowest BCUT2D eigenvalue weighted by atomic mass is 10.0. The molecule has 0 aliphatic carbocycles. The molecule has 0 radical (unpaired) electrons. The normalized spacial score (nSPS) is 18.9. The Bertz CT molecular complexity index is 783. The van der Waals surface area contributed by atoms with Gasteiger partial charge in [0, 0.05) is 48.8 Å². The first-order valence-corrected chi connectivity index (χ1v) is 9.70. The smallest absolute Gasteiger partial charge is 0.257 e. The first-order valence-electron chi connectivity index (χ1n) is 9.70. The molecule has 0 saturated carbocycles. The third-order valence-electron chi connectivity index (χ3n) is 5.28. The number of aryl methyl sites for hydroxylation is 2. The van der Waals surface area contributed by atoms with E-state index in [2.05, 4.69) is 27.9 Å². The van der Waals surface area contributed by atoms with E-state index < -0.39 is 0 Å². The number of ether oxygens (including phenoxy) is 3. The van der Waals surface area contributed by atoms with E-state index in [1.807, 2.05) is 32.2 Å². The molecule has 2 aliphatic heterocycles. The van der Waals surface area contributed by atoms with E-state index >= 15 is 0 Å². The summed E-state index contributed by atoms with van der Waals surface area (Å²) in [5.74, 6) is 2.29. The van der Waals surface area contributed by atoms with Crippen LogP contribution >= 0.6 is 0 Å². The number of aromatic nitrogens is 2. The largest absolute Gasteiger partial charge is 0.490 e. The fraction of sp³-hybridized carbons (Fsp3) is 0.524. The van der Waals surface area contributed by atoms with E-state index in [1.54, 1.807) is 0 Å². The van der Waals surface area contributed by atoms with Gasteiger partial charge < -0.3 is 14.2 Å². The van der Waals surface area contributed by atoms with Crippen molar-refractivity contribution >= 4 is 0 Å². The van der Waals surface area contributed by atoms with E-state index in [9.17, 15) is 0 Å². The minimum Gasteiger partial charge on any atom is -0.490 e. The molecular formula is C21H27N3O3. The van der Waals surface area contributed by atoms with Gasteiger partial charge in [-0.1, -0.05) is 0 Å². The van der Waals surface area contributed by atoms with Crippen molar-refractivity contribution in [1.29, 1.82) is 0 Å². The van der Waals surface area contributed by atoms with Crippen molar-refractivity contribution in [1.82, 2.24) is 14.9 Å². The number of fused-ring (bicyclic) bond motifs is 1. The lowest BCUT2D eigenvalue weighted by molar-refractivity contribution is 0.0792. The molecule has 1 saturated heterocycles. The Balaban J connectivity index is 1.36. The van der Waals surface area contributed by atoms with Gasteiger partial charge in [-0.3, -0.25) is 9.88 Å². The molecule has 6 heteroatoms. The maximum Gasteiger partial charge on any atom is 0.257 e. The zero-order valence-corrected chi connectivity index (χ0v) is 16.3. The van der Waals surface area contributed by atoms with Crippen LogP contribution in [-0.4, -0.2) is 47.3 Å². The van der Waals surface area contributed by atoms with E-state index in [4.69, 9.17) is 14.2 Å². The minimum atomic E-state index is 0.257. The molecule has 6 nitrogen and oxygen atoms in total. The molecule has 1 fully saturated rings. The van der Waals surface area contributed by atoms with Gasteiger partial charge in [0.05, 0.1) is 0 Å². The highest BCUT2D eigenvalue weighted by Gasteiger charge is 2.26. The second kappa shape index (κ2) is 7.72.